The van der Waals surface area contributed by atoms with E-state index in [1.54, 1.807) is 39.8 Å². The van der Waals surface area contributed by atoms with Crippen LogP contribution in [-0.2, 0) is 14.3 Å². The fourth-order valence-electron chi connectivity index (χ4n) is 5.74. The van der Waals surface area contributed by atoms with Crippen molar-refractivity contribution in [2.24, 2.45) is 10.9 Å². The Morgan fingerprint density at radius 1 is 1.29 bits per heavy atom. The van der Waals surface area contributed by atoms with Gasteiger partial charge in [-0.15, -0.1) is 0 Å². The Kier molecular flexibility index (Phi) is 8.60. The molecule has 2 saturated heterocycles. The highest BCUT2D eigenvalue weighted by atomic mass is 32.1. The number of ether oxygens (including phenoxy) is 1. The monoisotopic (exact) mass is 598 g/mol. The molecule has 11 nitrogen and oxygen atoms in total. The van der Waals surface area contributed by atoms with Gasteiger partial charge in [-0.1, -0.05) is 19.1 Å². The number of aromatic nitrogens is 1. The lowest BCUT2D eigenvalue weighted by atomic mass is 9.91. The van der Waals surface area contributed by atoms with Crippen LogP contribution in [0.1, 0.15) is 42.5 Å². The third-order valence-corrected chi connectivity index (χ3v) is 8.50. The Labute approximate surface area is 249 Å². The molecule has 1 aromatic heterocycles. The highest BCUT2D eigenvalue weighted by Crippen LogP contribution is 2.35. The van der Waals surface area contributed by atoms with Crippen molar-refractivity contribution in [3.05, 3.63) is 64.3 Å². The Morgan fingerprint density at radius 2 is 2.07 bits per heavy atom. The first-order valence-electron chi connectivity index (χ1n) is 14.0. The number of esters is 1. The van der Waals surface area contributed by atoms with Gasteiger partial charge in [-0.2, -0.15) is 0 Å². The van der Waals surface area contributed by atoms with Crippen molar-refractivity contribution in [1.29, 1.82) is 0 Å². The van der Waals surface area contributed by atoms with Crippen molar-refractivity contribution >= 4 is 35.1 Å². The van der Waals surface area contributed by atoms with Crippen molar-refractivity contribution in [3.63, 3.8) is 0 Å². The molecule has 3 aliphatic rings. The van der Waals surface area contributed by atoms with Crippen LogP contribution in [0.25, 0.3) is 0 Å². The number of hydrogen-bond acceptors (Lipinski definition) is 9. The van der Waals surface area contributed by atoms with Crippen molar-refractivity contribution in [2.45, 2.75) is 39.8 Å². The minimum Gasteiger partial charge on any atom is -0.481 e. The van der Waals surface area contributed by atoms with Crippen LogP contribution >= 0.6 is 12.2 Å². The topological polar surface area (TPSA) is 124 Å². The molecule has 224 valence electrons. The quantitative estimate of drug-likeness (QED) is 0.327. The Balaban J connectivity index is 1.48. The molecule has 0 amide bonds. The standard InChI is InChI=1S/C29H35FN6O5S/c1-5-40-28(39)23-22(14-34-9-10-36-19(12-34)13-35(29(36)42)11-16(2)27(37)38)32-26(24-18(4)41-15-31-24)33-25(23)20-7-6-8-21(30)17(20)3/h6-8,15-16,19,25H,5,9-14H2,1-4H3,(H,32,33)(H,37,38). The normalized spacial score (nSPS) is 21.6. The van der Waals surface area contributed by atoms with Gasteiger partial charge >= 0.3 is 11.9 Å². The lowest BCUT2D eigenvalue weighted by Gasteiger charge is -2.39. The largest absolute Gasteiger partial charge is 0.481 e. The van der Waals surface area contributed by atoms with Gasteiger partial charge in [-0.05, 0) is 50.2 Å². The lowest BCUT2D eigenvalue weighted by Crippen LogP contribution is -2.53. The summed E-state index contributed by atoms with van der Waals surface area (Å²) in [7, 11) is 0. The second-order valence-electron chi connectivity index (χ2n) is 10.8. The molecule has 0 spiro atoms. The number of aryl methyl sites for hydroxylation is 1. The molecule has 0 bridgehead atoms. The predicted molar refractivity (Wildman–Crippen MR) is 156 cm³/mol. The van der Waals surface area contributed by atoms with Crippen LogP contribution < -0.4 is 5.32 Å². The average Bonchev–Trinajstić information content (AvgIpc) is 3.52. The van der Waals surface area contributed by atoms with E-state index in [2.05, 4.69) is 20.1 Å². The van der Waals surface area contributed by atoms with E-state index in [4.69, 9.17) is 26.4 Å². The highest BCUT2D eigenvalue weighted by molar-refractivity contribution is 7.80. The molecule has 0 aliphatic carbocycles. The van der Waals surface area contributed by atoms with E-state index in [9.17, 15) is 19.1 Å². The van der Waals surface area contributed by atoms with Crippen molar-refractivity contribution < 1.29 is 28.2 Å². The van der Waals surface area contributed by atoms with Crippen LogP contribution in [0.4, 0.5) is 4.39 Å². The summed E-state index contributed by atoms with van der Waals surface area (Å²) < 4.78 is 25.7. The third-order valence-electron chi connectivity index (χ3n) is 8.01. The van der Waals surface area contributed by atoms with Gasteiger partial charge in [0.1, 0.15) is 23.3 Å². The Bertz CT molecular complexity index is 1460. The number of halogens is 1. The van der Waals surface area contributed by atoms with E-state index in [0.29, 0.717) is 84.1 Å². The zero-order valence-electron chi connectivity index (χ0n) is 24.1. The average molecular weight is 599 g/mol. The molecule has 1 aromatic carbocycles. The summed E-state index contributed by atoms with van der Waals surface area (Å²) in [6, 6.07) is 4.02. The maximum absolute atomic E-state index is 14.7. The number of piperazine rings is 1. The number of carbonyl (C=O) groups excluding carboxylic acids is 1. The maximum Gasteiger partial charge on any atom is 0.338 e. The molecule has 3 atom stereocenters. The van der Waals surface area contributed by atoms with Gasteiger partial charge in [0.05, 0.1) is 24.1 Å². The molecule has 0 saturated carbocycles. The summed E-state index contributed by atoms with van der Waals surface area (Å²) in [5, 5.41) is 13.4. The second-order valence-corrected chi connectivity index (χ2v) is 11.2. The van der Waals surface area contributed by atoms with E-state index in [0.717, 1.165) is 0 Å². The number of carboxylic acids is 1. The lowest BCUT2D eigenvalue weighted by molar-refractivity contribution is -0.141. The molecule has 2 fully saturated rings. The fraction of sp³-hybridized carbons (Fsp3) is 0.483. The number of amidine groups is 1. The number of hydrogen-bond donors (Lipinski definition) is 2. The van der Waals surface area contributed by atoms with Gasteiger partial charge in [0.15, 0.2) is 17.3 Å². The number of oxazole rings is 1. The Morgan fingerprint density at radius 3 is 2.76 bits per heavy atom. The summed E-state index contributed by atoms with van der Waals surface area (Å²) in [6.07, 6.45) is 1.33. The zero-order valence-corrected chi connectivity index (χ0v) is 24.9. The number of rotatable bonds is 9. The van der Waals surface area contributed by atoms with Gasteiger partial charge in [0, 0.05) is 45.0 Å². The predicted octanol–water partition coefficient (Wildman–Crippen LogP) is 2.65. The molecule has 5 rings (SSSR count). The van der Waals surface area contributed by atoms with Crippen LogP contribution in [0.2, 0.25) is 0 Å². The fourth-order valence-corrected chi connectivity index (χ4v) is 6.13. The number of carbonyl (C=O) groups is 2. The summed E-state index contributed by atoms with van der Waals surface area (Å²) in [4.78, 5) is 40.5. The second kappa shape index (κ2) is 12.2. The molecule has 13 heteroatoms. The molecule has 0 radical (unpaired) electrons. The molecule has 3 unspecified atom stereocenters. The number of aliphatic carboxylic acids is 1. The third kappa shape index (κ3) is 5.75. The van der Waals surface area contributed by atoms with Crippen molar-refractivity contribution in [3.8, 4) is 0 Å². The zero-order chi connectivity index (χ0) is 30.1. The molecule has 2 N–H and O–H groups in total. The SMILES string of the molecule is CCOC(=O)C1=C(CN2CCN3C(=S)N(CC(C)C(=O)O)CC3C2)NC(c2ncoc2C)=NC1c1cccc(F)c1C. The van der Waals surface area contributed by atoms with Crippen LogP contribution in [0.5, 0.6) is 0 Å². The van der Waals surface area contributed by atoms with E-state index in [1.165, 1.54) is 12.5 Å². The van der Waals surface area contributed by atoms with Gasteiger partial charge < -0.3 is 29.4 Å². The van der Waals surface area contributed by atoms with Crippen LogP contribution in [0.3, 0.4) is 0 Å². The molecule has 4 heterocycles. The van der Waals surface area contributed by atoms with Gasteiger partial charge in [-0.3, -0.25) is 14.7 Å². The number of aliphatic imine (C=N–C) groups is 1. The highest BCUT2D eigenvalue weighted by Gasteiger charge is 2.40. The minimum absolute atomic E-state index is 0.0784. The Hall–Kier alpha value is -3.84. The van der Waals surface area contributed by atoms with Crippen LogP contribution in [0.15, 0.2) is 45.3 Å². The van der Waals surface area contributed by atoms with E-state index < -0.39 is 23.9 Å². The number of carboxylic acid groups (broad SMARTS) is 1. The molecular weight excluding hydrogens is 563 g/mol. The molecule has 3 aliphatic heterocycles. The van der Waals surface area contributed by atoms with Crippen molar-refractivity contribution in [2.75, 3.05) is 45.9 Å². The van der Waals surface area contributed by atoms with E-state index in [1.807, 2.05) is 4.90 Å². The number of fused-ring (bicyclic) bond motifs is 1. The smallest absolute Gasteiger partial charge is 0.338 e. The number of benzene rings is 1. The van der Waals surface area contributed by atoms with Gasteiger partial charge in [0.25, 0.3) is 0 Å². The van der Waals surface area contributed by atoms with Crippen molar-refractivity contribution in [1.82, 2.24) is 25.0 Å². The summed E-state index contributed by atoms with van der Waals surface area (Å²) >= 11 is 5.69. The maximum atomic E-state index is 14.7. The molecular formula is C29H35FN6O5S. The number of thiocarbonyl (C=S) groups is 1. The van der Waals surface area contributed by atoms with Gasteiger partial charge in [-0.25, -0.2) is 14.2 Å². The van der Waals surface area contributed by atoms with Crippen LogP contribution in [0, 0.1) is 25.6 Å². The summed E-state index contributed by atoms with van der Waals surface area (Å²) in [6.45, 7) is 10.4. The van der Waals surface area contributed by atoms with E-state index >= 15 is 0 Å². The molecule has 42 heavy (non-hydrogen) atoms. The molecule has 2 aromatic rings. The first-order valence-corrected chi connectivity index (χ1v) is 14.4. The number of nitrogens with one attached hydrogen (secondary N) is 1. The van der Waals surface area contributed by atoms with E-state index in [-0.39, 0.29) is 18.5 Å². The van der Waals surface area contributed by atoms with Gasteiger partial charge in [0.2, 0.25) is 0 Å². The first kappa shape index (κ1) is 29.6. The van der Waals surface area contributed by atoms with Crippen LogP contribution in [-0.4, -0.2) is 99.6 Å². The first-order chi connectivity index (χ1) is 20.1. The number of nitrogens with zero attached hydrogens (tertiary/aromatic N) is 5. The summed E-state index contributed by atoms with van der Waals surface area (Å²) in [5.41, 5.74) is 2.37. The summed E-state index contributed by atoms with van der Waals surface area (Å²) in [5.74, 6) is -1.33. The minimum atomic E-state index is -0.853.